The summed E-state index contributed by atoms with van der Waals surface area (Å²) in [4.78, 5) is 13.2. The van der Waals surface area contributed by atoms with Gasteiger partial charge in [0.05, 0.1) is 0 Å². The lowest BCUT2D eigenvalue weighted by molar-refractivity contribution is 0.112. The average Bonchev–Trinajstić information content (AvgIpc) is 2.32. The van der Waals surface area contributed by atoms with Crippen molar-refractivity contribution in [2.24, 2.45) is 11.8 Å². The summed E-state index contributed by atoms with van der Waals surface area (Å²) < 4.78 is 0. The van der Waals surface area contributed by atoms with Crippen LogP contribution in [-0.2, 0) is 0 Å². The van der Waals surface area contributed by atoms with E-state index in [-0.39, 0.29) is 0 Å². The summed E-state index contributed by atoms with van der Waals surface area (Å²) in [6.07, 6.45) is 2.17. The van der Waals surface area contributed by atoms with Crippen LogP contribution in [0.25, 0.3) is 0 Å². The third-order valence-electron chi connectivity index (χ3n) is 4.03. The van der Waals surface area contributed by atoms with Crippen molar-refractivity contribution in [1.29, 1.82) is 0 Å². The minimum atomic E-state index is 0.744. The van der Waals surface area contributed by atoms with Gasteiger partial charge in [0.1, 0.15) is 6.29 Å². The fourth-order valence-electron chi connectivity index (χ4n) is 2.59. The number of benzene rings is 1. The fourth-order valence-corrected chi connectivity index (χ4v) is 2.59. The number of carbonyl (C=O) groups is 1. The molecule has 0 saturated carbocycles. The SMILES string of the molecule is Cc1cc(C=O)ccc1N1CCC(C)C(C)C1. The van der Waals surface area contributed by atoms with E-state index in [0.29, 0.717) is 0 Å². The van der Waals surface area contributed by atoms with E-state index in [1.165, 1.54) is 17.7 Å². The third kappa shape index (κ3) is 2.51. The first-order valence-corrected chi connectivity index (χ1v) is 6.42. The zero-order valence-electron chi connectivity index (χ0n) is 10.9. The maximum Gasteiger partial charge on any atom is 0.150 e. The second-order valence-corrected chi connectivity index (χ2v) is 5.35. The lowest BCUT2D eigenvalue weighted by Crippen LogP contribution is -2.38. The Morgan fingerprint density at radius 3 is 2.65 bits per heavy atom. The molecule has 0 radical (unpaired) electrons. The van der Waals surface area contributed by atoms with Gasteiger partial charge in [0, 0.05) is 24.3 Å². The molecule has 2 unspecified atom stereocenters. The summed E-state index contributed by atoms with van der Waals surface area (Å²) in [6, 6.07) is 5.98. The minimum Gasteiger partial charge on any atom is -0.371 e. The molecule has 0 spiro atoms. The van der Waals surface area contributed by atoms with Gasteiger partial charge in [-0.15, -0.1) is 0 Å². The predicted molar refractivity (Wildman–Crippen MR) is 71.7 cm³/mol. The third-order valence-corrected chi connectivity index (χ3v) is 4.03. The molecule has 2 heteroatoms. The zero-order valence-corrected chi connectivity index (χ0v) is 10.9. The Kier molecular flexibility index (Phi) is 3.51. The standard InChI is InChI=1S/C15H21NO/c1-11-6-7-16(9-13(11)3)15-5-4-14(10-17)8-12(15)2/h4-5,8,10-11,13H,6-7,9H2,1-3H3. The topological polar surface area (TPSA) is 20.3 Å². The monoisotopic (exact) mass is 231 g/mol. The Balaban J connectivity index is 2.20. The molecule has 2 nitrogen and oxygen atoms in total. The molecule has 1 aliphatic rings. The number of carbonyl (C=O) groups excluding carboxylic acids is 1. The molecule has 1 aromatic carbocycles. The van der Waals surface area contributed by atoms with Gasteiger partial charge < -0.3 is 4.90 Å². The van der Waals surface area contributed by atoms with Gasteiger partial charge in [-0.05, 0) is 48.9 Å². The van der Waals surface area contributed by atoms with Gasteiger partial charge in [-0.3, -0.25) is 4.79 Å². The molecule has 17 heavy (non-hydrogen) atoms. The average molecular weight is 231 g/mol. The molecule has 0 aromatic heterocycles. The number of aldehydes is 1. The van der Waals surface area contributed by atoms with E-state index >= 15 is 0 Å². The Hall–Kier alpha value is -1.31. The smallest absolute Gasteiger partial charge is 0.150 e. The Morgan fingerprint density at radius 2 is 2.06 bits per heavy atom. The largest absolute Gasteiger partial charge is 0.371 e. The minimum absolute atomic E-state index is 0.744. The van der Waals surface area contributed by atoms with Crippen LogP contribution in [0.1, 0.15) is 36.2 Å². The molecule has 2 atom stereocenters. The van der Waals surface area contributed by atoms with Crippen LogP contribution in [0.5, 0.6) is 0 Å². The van der Waals surface area contributed by atoms with Gasteiger partial charge in [-0.25, -0.2) is 0 Å². The molecule has 1 saturated heterocycles. The summed E-state index contributed by atoms with van der Waals surface area (Å²) in [7, 11) is 0. The van der Waals surface area contributed by atoms with E-state index in [4.69, 9.17) is 0 Å². The first kappa shape index (κ1) is 12.2. The van der Waals surface area contributed by atoms with Gasteiger partial charge in [0.25, 0.3) is 0 Å². The Labute approximate surface area is 104 Å². The molecule has 0 amide bonds. The van der Waals surface area contributed by atoms with Crippen molar-refractivity contribution in [2.45, 2.75) is 27.2 Å². The molecule has 0 bridgehead atoms. The molecule has 1 heterocycles. The van der Waals surface area contributed by atoms with E-state index < -0.39 is 0 Å². The summed E-state index contributed by atoms with van der Waals surface area (Å²) in [5.74, 6) is 1.56. The van der Waals surface area contributed by atoms with Crippen molar-refractivity contribution < 1.29 is 4.79 Å². The van der Waals surface area contributed by atoms with Crippen LogP contribution in [0.2, 0.25) is 0 Å². The van der Waals surface area contributed by atoms with E-state index in [9.17, 15) is 4.79 Å². The van der Waals surface area contributed by atoms with Crippen LogP contribution < -0.4 is 4.90 Å². The number of hydrogen-bond acceptors (Lipinski definition) is 2. The van der Waals surface area contributed by atoms with Crippen LogP contribution in [0.3, 0.4) is 0 Å². The summed E-state index contributed by atoms with van der Waals surface area (Å²) in [5.41, 5.74) is 3.26. The molecular weight excluding hydrogens is 210 g/mol. The lowest BCUT2D eigenvalue weighted by atomic mass is 9.88. The van der Waals surface area contributed by atoms with E-state index in [1.54, 1.807) is 0 Å². The van der Waals surface area contributed by atoms with Crippen LogP contribution in [0.15, 0.2) is 18.2 Å². The number of anilines is 1. The molecule has 92 valence electrons. The number of aryl methyl sites for hydroxylation is 1. The van der Waals surface area contributed by atoms with Gasteiger partial charge in [0.15, 0.2) is 0 Å². The summed E-state index contributed by atoms with van der Waals surface area (Å²) in [6.45, 7) is 9.01. The first-order valence-electron chi connectivity index (χ1n) is 6.42. The normalized spacial score (nSPS) is 24.8. The van der Waals surface area contributed by atoms with Crippen molar-refractivity contribution in [3.05, 3.63) is 29.3 Å². The zero-order chi connectivity index (χ0) is 12.4. The van der Waals surface area contributed by atoms with Crippen LogP contribution >= 0.6 is 0 Å². The predicted octanol–water partition coefficient (Wildman–Crippen LogP) is 3.29. The molecule has 0 aliphatic carbocycles. The number of hydrogen-bond donors (Lipinski definition) is 0. The molecule has 1 aliphatic heterocycles. The van der Waals surface area contributed by atoms with Crippen molar-refractivity contribution in [1.82, 2.24) is 0 Å². The molecule has 0 N–H and O–H groups in total. The van der Waals surface area contributed by atoms with Gasteiger partial charge >= 0.3 is 0 Å². The maximum atomic E-state index is 10.7. The van der Waals surface area contributed by atoms with Gasteiger partial charge in [-0.1, -0.05) is 13.8 Å². The van der Waals surface area contributed by atoms with Gasteiger partial charge in [0.2, 0.25) is 0 Å². The van der Waals surface area contributed by atoms with Crippen LogP contribution in [-0.4, -0.2) is 19.4 Å². The maximum absolute atomic E-state index is 10.7. The van der Waals surface area contributed by atoms with Crippen molar-refractivity contribution in [2.75, 3.05) is 18.0 Å². The van der Waals surface area contributed by atoms with E-state index in [0.717, 1.165) is 36.8 Å². The highest BCUT2D eigenvalue weighted by Gasteiger charge is 2.23. The van der Waals surface area contributed by atoms with Crippen molar-refractivity contribution in [3.63, 3.8) is 0 Å². The second-order valence-electron chi connectivity index (χ2n) is 5.35. The molecule has 2 rings (SSSR count). The Bertz CT molecular complexity index is 413. The van der Waals surface area contributed by atoms with Crippen LogP contribution in [0.4, 0.5) is 5.69 Å². The number of nitrogens with zero attached hydrogens (tertiary/aromatic N) is 1. The molecular formula is C15H21NO. The van der Waals surface area contributed by atoms with E-state index in [1.807, 2.05) is 12.1 Å². The summed E-state index contributed by atoms with van der Waals surface area (Å²) in [5, 5.41) is 0. The highest BCUT2D eigenvalue weighted by molar-refractivity contribution is 5.77. The molecule has 1 fully saturated rings. The fraction of sp³-hybridized carbons (Fsp3) is 0.533. The van der Waals surface area contributed by atoms with Crippen molar-refractivity contribution in [3.8, 4) is 0 Å². The number of piperidine rings is 1. The highest BCUT2D eigenvalue weighted by Crippen LogP contribution is 2.29. The Morgan fingerprint density at radius 1 is 1.29 bits per heavy atom. The van der Waals surface area contributed by atoms with E-state index in [2.05, 4.69) is 31.7 Å². The molecule has 1 aromatic rings. The van der Waals surface area contributed by atoms with Gasteiger partial charge in [-0.2, -0.15) is 0 Å². The lowest BCUT2D eigenvalue weighted by Gasteiger charge is -2.37. The number of rotatable bonds is 2. The highest BCUT2D eigenvalue weighted by atomic mass is 16.1. The van der Waals surface area contributed by atoms with Crippen LogP contribution in [0, 0.1) is 18.8 Å². The van der Waals surface area contributed by atoms with Crippen molar-refractivity contribution >= 4 is 12.0 Å². The quantitative estimate of drug-likeness (QED) is 0.728. The second kappa shape index (κ2) is 4.91. The summed E-state index contributed by atoms with van der Waals surface area (Å²) >= 11 is 0. The first-order chi connectivity index (χ1) is 8.11.